The van der Waals surface area contributed by atoms with Crippen LogP contribution in [0.4, 0.5) is 0 Å². The lowest BCUT2D eigenvalue weighted by atomic mass is 10.1. The van der Waals surface area contributed by atoms with Crippen molar-refractivity contribution in [2.24, 2.45) is 0 Å². The molecule has 2 atom stereocenters. The SMILES string of the molecule is O=C(COc1cccc(Cl)c1)NC1CCCCCC1Br. The molecule has 1 aromatic carbocycles. The molecule has 2 rings (SSSR count). The van der Waals surface area contributed by atoms with Gasteiger partial charge in [0.15, 0.2) is 6.61 Å². The highest BCUT2D eigenvalue weighted by Gasteiger charge is 2.22. The summed E-state index contributed by atoms with van der Waals surface area (Å²) < 4.78 is 5.44. The van der Waals surface area contributed by atoms with Crippen molar-refractivity contribution in [3.05, 3.63) is 29.3 Å². The topological polar surface area (TPSA) is 38.3 Å². The number of alkyl halides is 1. The second kappa shape index (κ2) is 7.89. The minimum atomic E-state index is -0.0821. The van der Waals surface area contributed by atoms with E-state index in [0.717, 1.165) is 12.8 Å². The zero-order chi connectivity index (χ0) is 14.4. The van der Waals surface area contributed by atoms with E-state index < -0.39 is 0 Å². The highest BCUT2D eigenvalue weighted by molar-refractivity contribution is 9.09. The predicted molar refractivity (Wildman–Crippen MR) is 84.7 cm³/mol. The highest BCUT2D eigenvalue weighted by atomic mass is 79.9. The average Bonchev–Trinajstić information content (AvgIpc) is 2.62. The summed E-state index contributed by atoms with van der Waals surface area (Å²) in [6, 6.07) is 7.27. The van der Waals surface area contributed by atoms with Gasteiger partial charge in [0.1, 0.15) is 5.75 Å². The Kier molecular flexibility index (Phi) is 6.17. The molecule has 1 fully saturated rings. The molecule has 0 bridgehead atoms. The van der Waals surface area contributed by atoms with E-state index in [2.05, 4.69) is 21.2 Å². The average molecular weight is 361 g/mol. The van der Waals surface area contributed by atoms with Gasteiger partial charge in [0, 0.05) is 15.9 Å². The molecule has 3 nitrogen and oxygen atoms in total. The van der Waals surface area contributed by atoms with Crippen LogP contribution in [0.15, 0.2) is 24.3 Å². The highest BCUT2D eigenvalue weighted by Crippen LogP contribution is 2.23. The maximum atomic E-state index is 11.9. The number of hydrogen-bond acceptors (Lipinski definition) is 2. The molecule has 110 valence electrons. The molecule has 0 heterocycles. The number of halogens is 2. The van der Waals surface area contributed by atoms with Crippen molar-refractivity contribution in [1.82, 2.24) is 5.32 Å². The van der Waals surface area contributed by atoms with E-state index >= 15 is 0 Å². The first kappa shape index (κ1) is 15.6. The molecule has 1 aliphatic rings. The van der Waals surface area contributed by atoms with Crippen molar-refractivity contribution >= 4 is 33.4 Å². The molecule has 0 radical (unpaired) electrons. The zero-order valence-corrected chi connectivity index (χ0v) is 13.6. The molecule has 20 heavy (non-hydrogen) atoms. The van der Waals surface area contributed by atoms with E-state index in [1.54, 1.807) is 24.3 Å². The Hall–Kier alpha value is -0.740. The Morgan fingerprint density at radius 2 is 2.15 bits per heavy atom. The van der Waals surface area contributed by atoms with E-state index in [9.17, 15) is 4.79 Å². The number of nitrogens with one attached hydrogen (secondary N) is 1. The Morgan fingerprint density at radius 1 is 1.35 bits per heavy atom. The molecule has 5 heteroatoms. The predicted octanol–water partition coefficient (Wildman–Crippen LogP) is 3.93. The number of ether oxygens (including phenoxy) is 1. The lowest BCUT2D eigenvalue weighted by molar-refractivity contribution is -0.123. The van der Waals surface area contributed by atoms with Crippen molar-refractivity contribution in [2.75, 3.05) is 6.61 Å². The summed E-state index contributed by atoms with van der Waals surface area (Å²) >= 11 is 9.53. The fourth-order valence-corrected chi connectivity index (χ4v) is 3.28. The normalized spacial score (nSPS) is 22.9. The molecule has 0 aliphatic heterocycles. The summed E-state index contributed by atoms with van der Waals surface area (Å²) in [5, 5.41) is 3.65. The maximum Gasteiger partial charge on any atom is 0.258 e. The van der Waals surface area contributed by atoms with Gasteiger partial charge in [-0.05, 0) is 31.0 Å². The van der Waals surface area contributed by atoms with Gasteiger partial charge in [0.2, 0.25) is 0 Å². The van der Waals surface area contributed by atoms with Crippen LogP contribution in [0.1, 0.15) is 32.1 Å². The molecule has 0 aromatic heterocycles. The number of carbonyl (C=O) groups is 1. The Balaban J connectivity index is 1.80. The first-order valence-electron chi connectivity index (χ1n) is 6.97. The zero-order valence-electron chi connectivity index (χ0n) is 11.3. The first-order valence-corrected chi connectivity index (χ1v) is 8.26. The van der Waals surface area contributed by atoms with E-state index in [1.165, 1.54) is 19.3 Å². The van der Waals surface area contributed by atoms with Gasteiger partial charge in [-0.1, -0.05) is 52.9 Å². The van der Waals surface area contributed by atoms with Gasteiger partial charge < -0.3 is 10.1 Å². The third-order valence-electron chi connectivity index (χ3n) is 3.44. The minimum absolute atomic E-state index is 0.0244. The summed E-state index contributed by atoms with van der Waals surface area (Å²) in [6.45, 7) is 0.0244. The maximum absolute atomic E-state index is 11.9. The molecular weight excluding hydrogens is 342 g/mol. The lowest BCUT2D eigenvalue weighted by Gasteiger charge is -2.21. The Morgan fingerprint density at radius 3 is 2.95 bits per heavy atom. The van der Waals surface area contributed by atoms with Crippen LogP contribution in [0.5, 0.6) is 5.75 Å². The van der Waals surface area contributed by atoms with Gasteiger partial charge in [-0.3, -0.25) is 4.79 Å². The number of carbonyl (C=O) groups excluding carboxylic acids is 1. The van der Waals surface area contributed by atoms with Gasteiger partial charge in [0.25, 0.3) is 5.91 Å². The molecular formula is C15H19BrClNO2. The largest absolute Gasteiger partial charge is 0.484 e. The van der Waals surface area contributed by atoms with Crippen LogP contribution in [0.2, 0.25) is 5.02 Å². The van der Waals surface area contributed by atoms with E-state index in [0.29, 0.717) is 15.6 Å². The minimum Gasteiger partial charge on any atom is -0.484 e. The Labute approximate surface area is 133 Å². The lowest BCUT2D eigenvalue weighted by Crippen LogP contribution is -2.42. The summed E-state index contributed by atoms with van der Waals surface area (Å²) in [6.07, 6.45) is 5.77. The van der Waals surface area contributed by atoms with Crippen LogP contribution in [0, 0.1) is 0 Å². The van der Waals surface area contributed by atoms with E-state index in [1.807, 2.05) is 0 Å². The summed E-state index contributed by atoms with van der Waals surface area (Å²) in [7, 11) is 0. The van der Waals surface area contributed by atoms with E-state index in [-0.39, 0.29) is 18.6 Å². The molecule has 1 N–H and O–H groups in total. The molecule has 0 saturated heterocycles. The van der Waals surface area contributed by atoms with Gasteiger partial charge >= 0.3 is 0 Å². The third-order valence-corrected chi connectivity index (χ3v) is 4.78. The van der Waals surface area contributed by atoms with Crippen LogP contribution < -0.4 is 10.1 Å². The van der Waals surface area contributed by atoms with Gasteiger partial charge in [-0.15, -0.1) is 0 Å². The van der Waals surface area contributed by atoms with Crippen LogP contribution in [0.25, 0.3) is 0 Å². The van der Waals surface area contributed by atoms with Crippen molar-refractivity contribution in [2.45, 2.75) is 43.0 Å². The first-order chi connectivity index (χ1) is 9.65. The van der Waals surface area contributed by atoms with Crippen molar-refractivity contribution in [3.63, 3.8) is 0 Å². The third kappa shape index (κ3) is 4.98. The van der Waals surface area contributed by atoms with Gasteiger partial charge in [-0.2, -0.15) is 0 Å². The summed E-state index contributed by atoms with van der Waals surface area (Å²) in [4.78, 5) is 12.3. The monoisotopic (exact) mass is 359 g/mol. The standard InChI is InChI=1S/C15H19BrClNO2/c16-13-7-2-1-3-8-14(13)18-15(19)10-20-12-6-4-5-11(17)9-12/h4-6,9,13-14H,1-3,7-8,10H2,(H,18,19). The molecule has 1 aliphatic carbocycles. The second-order valence-corrected chi connectivity index (χ2v) is 6.69. The number of benzene rings is 1. The summed E-state index contributed by atoms with van der Waals surface area (Å²) in [5.41, 5.74) is 0. The van der Waals surface area contributed by atoms with Crippen LogP contribution in [-0.2, 0) is 4.79 Å². The van der Waals surface area contributed by atoms with Crippen molar-refractivity contribution < 1.29 is 9.53 Å². The smallest absolute Gasteiger partial charge is 0.258 e. The van der Waals surface area contributed by atoms with Crippen LogP contribution in [-0.4, -0.2) is 23.4 Å². The number of amides is 1. The summed E-state index contributed by atoms with van der Waals surface area (Å²) in [5.74, 6) is 0.533. The van der Waals surface area contributed by atoms with Crippen LogP contribution >= 0.6 is 27.5 Å². The van der Waals surface area contributed by atoms with Crippen molar-refractivity contribution in [1.29, 1.82) is 0 Å². The quantitative estimate of drug-likeness (QED) is 0.652. The Bertz CT molecular complexity index is 455. The van der Waals surface area contributed by atoms with Crippen LogP contribution in [0.3, 0.4) is 0 Å². The van der Waals surface area contributed by atoms with E-state index in [4.69, 9.17) is 16.3 Å². The molecule has 1 amide bonds. The fraction of sp³-hybridized carbons (Fsp3) is 0.533. The molecule has 1 saturated carbocycles. The number of rotatable bonds is 4. The van der Waals surface area contributed by atoms with Crippen molar-refractivity contribution in [3.8, 4) is 5.75 Å². The molecule has 0 spiro atoms. The molecule has 2 unspecified atom stereocenters. The second-order valence-electron chi connectivity index (χ2n) is 5.07. The number of hydrogen-bond donors (Lipinski definition) is 1. The van der Waals surface area contributed by atoms with Gasteiger partial charge in [0.05, 0.1) is 0 Å². The molecule has 1 aromatic rings. The van der Waals surface area contributed by atoms with Gasteiger partial charge in [-0.25, -0.2) is 0 Å². The fourth-order valence-electron chi connectivity index (χ4n) is 2.38.